The number of hydrogen-bond donors (Lipinski definition) is 1. The summed E-state index contributed by atoms with van der Waals surface area (Å²) in [6.07, 6.45) is 0.186. The SMILES string of the molecule is CC1CN(S(=O)(=O)CC(C)(C)C)CCC1O. The van der Waals surface area contributed by atoms with Gasteiger partial charge in [-0.1, -0.05) is 27.7 Å². The molecule has 0 saturated carbocycles. The fourth-order valence-corrected chi connectivity index (χ4v) is 4.11. The van der Waals surface area contributed by atoms with Crippen molar-refractivity contribution in [2.24, 2.45) is 11.3 Å². The molecule has 1 aliphatic heterocycles. The van der Waals surface area contributed by atoms with Crippen LogP contribution in [-0.2, 0) is 10.0 Å². The first-order valence-corrected chi connectivity index (χ1v) is 7.39. The molecule has 1 N–H and O–H groups in total. The Morgan fingerprint density at radius 2 is 1.94 bits per heavy atom. The molecule has 0 bridgehead atoms. The van der Waals surface area contributed by atoms with Crippen molar-refractivity contribution in [3.8, 4) is 0 Å². The summed E-state index contributed by atoms with van der Waals surface area (Å²) < 4.78 is 25.7. The Hall–Kier alpha value is -0.130. The lowest BCUT2D eigenvalue weighted by atomic mass is 9.99. The summed E-state index contributed by atoms with van der Waals surface area (Å²) in [6, 6.07) is 0. The summed E-state index contributed by atoms with van der Waals surface area (Å²) in [6.45, 7) is 8.55. The van der Waals surface area contributed by atoms with E-state index in [9.17, 15) is 13.5 Å². The van der Waals surface area contributed by atoms with Crippen molar-refractivity contribution in [2.45, 2.75) is 40.2 Å². The van der Waals surface area contributed by atoms with Gasteiger partial charge < -0.3 is 5.11 Å². The lowest BCUT2D eigenvalue weighted by Crippen LogP contribution is -2.47. The van der Waals surface area contributed by atoms with Crippen LogP contribution in [0.15, 0.2) is 0 Å². The van der Waals surface area contributed by atoms with Crippen molar-refractivity contribution in [1.29, 1.82) is 0 Å². The summed E-state index contributed by atoms with van der Waals surface area (Å²) in [5.74, 6) is 0.200. The van der Waals surface area contributed by atoms with Crippen molar-refractivity contribution >= 4 is 10.0 Å². The van der Waals surface area contributed by atoms with E-state index < -0.39 is 10.0 Å². The second kappa shape index (κ2) is 4.63. The number of rotatable bonds is 2. The van der Waals surface area contributed by atoms with Crippen LogP contribution in [0, 0.1) is 11.3 Å². The third kappa shape index (κ3) is 3.71. The molecule has 1 fully saturated rings. The minimum absolute atomic E-state index is 0.0310. The molecule has 16 heavy (non-hydrogen) atoms. The fraction of sp³-hybridized carbons (Fsp3) is 1.00. The molecule has 1 rings (SSSR count). The first-order chi connectivity index (χ1) is 7.12. The van der Waals surface area contributed by atoms with Gasteiger partial charge in [0.25, 0.3) is 0 Å². The van der Waals surface area contributed by atoms with Crippen LogP contribution in [0.4, 0.5) is 0 Å². The maximum atomic E-state index is 12.1. The maximum Gasteiger partial charge on any atom is 0.214 e. The van der Waals surface area contributed by atoms with Crippen LogP contribution in [0.2, 0.25) is 0 Å². The molecule has 0 aromatic heterocycles. The van der Waals surface area contributed by atoms with Gasteiger partial charge in [0.15, 0.2) is 0 Å². The van der Waals surface area contributed by atoms with E-state index in [2.05, 4.69) is 0 Å². The predicted octanol–water partition coefficient (Wildman–Crippen LogP) is 1.06. The van der Waals surface area contributed by atoms with Gasteiger partial charge in [0.1, 0.15) is 0 Å². The van der Waals surface area contributed by atoms with Gasteiger partial charge in [-0.2, -0.15) is 0 Å². The molecule has 0 aromatic carbocycles. The van der Waals surface area contributed by atoms with Gasteiger partial charge in [-0.3, -0.25) is 0 Å². The van der Waals surface area contributed by atoms with E-state index in [0.29, 0.717) is 19.5 Å². The van der Waals surface area contributed by atoms with Crippen LogP contribution in [-0.4, -0.2) is 42.8 Å². The van der Waals surface area contributed by atoms with Gasteiger partial charge in [0, 0.05) is 13.1 Å². The van der Waals surface area contributed by atoms with E-state index in [4.69, 9.17) is 0 Å². The number of aliphatic hydroxyl groups is 1. The van der Waals surface area contributed by atoms with E-state index in [1.165, 1.54) is 4.31 Å². The Morgan fingerprint density at radius 1 is 1.38 bits per heavy atom. The second-order valence-electron chi connectivity index (χ2n) is 6.01. The van der Waals surface area contributed by atoms with Gasteiger partial charge in [-0.25, -0.2) is 12.7 Å². The Balaban J connectivity index is 2.71. The molecule has 0 aliphatic carbocycles. The summed E-state index contributed by atoms with van der Waals surface area (Å²) >= 11 is 0. The highest BCUT2D eigenvalue weighted by Crippen LogP contribution is 2.23. The molecule has 5 heteroatoms. The summed E-state index contributed by atoms with van der Waals surface area (Å²) in [5.41, 5.74) is -0.224. The van der Waals surface area contributed by atoms with E-state index in [-0.39, 0.29) is 23.2 Å². The van der Waals surface area contributed by atoms with E-state index in [1.807, 2.05) is 27.7 Å². The minimum atomic E-state index is -3.18. The van der Waals surface area contributed by atoms with E-state index >= 15 is 0 Å². The predicted molar refractivity (Wildman–Crippen MR) is 64.6 cm³/mol. The van der Waals surface area contributed by atoms with Crippen LogP contribution in [0.5, 0.6) is 0 Å². The lowest BCUT2D eigenvalue weighted by Gasteiger charge is -2.35. The molecule has 96 valence electrons. The highest BCUT2D eigenvalue weighted by atomic mass is 32.2. The van der Waals surface area contributed by atoms with Gasteiger partial charge in [0.05, 0.1) is 11.9 Å². The minimum Gasteiger partial charge on any atom is -0.393 e. The van der Waals surface area contributed by atoms with Gasteiger partial charge in [-0.15, -0.1) is 0 Å². The molecule has 4 nitrogen and oxygen atoms in total. The molecular formula is C11H23NO3S. The largest absolute Gasteiger partial charge is 0.393 e. The molecule has 0 radical (unpaired) electrons. The topological polar surface area (TPSA) is 57.6 Å². The molecule has 1 heterocycles. The number of nitrogens with zero attached hydrogens (tertiary/aromatic N) is 1. The average Bonchev–Trinajstić information content (AvgIpc) is 2.05. The first kappa shape index (κ1) is 13.9. The number of piperidine rings is 1. The van der Waals surface area contributed by atoms with E-state index in [1.54, 1.807) is 0 Å². The highest BCUT2D eigenvalue weighted by Gasteiger charge is 2.33. The van der Waals surface area contributed by atoms with Gasteiger partial charge in [0.2, 0.25) is 10.0 Å². The Labute approximate surface area is 98.7 Å². The molecule has 2 atom stereocenters. The van der Waals surface area contributed by atoms with Crippen LogP contribution >= 0.6 is 0 Å². The number of sulfonamides is 1. The zero-order valence-electron chi connectivity index (χ0n) is 10.6. The number of hydrogen-bond acceptors (Lipinski definition) is 3. The Bertz CT molecular complexity index is 332. The average molecular weight is 249 g/mol. The van der Waals surface area contributed by atoms with Crippen molar-refractivity contribution in [3.63, 3.8) is 0 Å². The van der Waals surface area contributed by atoms with Crippen LogP contribution in [0.1, 0.15) is 34.1 Å². The molecule has 1 saturated heterocycles. The lowest BCUT2D eigenvalue weighted by molar-refractivity contribution is 0.0626. The Morgan fingerprint density at radius 3 is 2.38 bits per heavy atom. The molecule has 2 unspecified atom stereocenters. The fourth-order valence-electron chi connectivity index (χ4n) is 1.99. The second-order valence-corrected chi connectivity index (χ2v) is 7.98. The van der Waals surface area contributed by atoms with Crippen LogP contribution in [0.3, 0.4) is 0 Å². The van der Waals surface area contributed by atoms with Crippen LogP contribution in [0.25, 0.3) is 0 Å². The zero-order valence-corrected chi connectivity index (χ0v) is 11.4. The molecule has 0 spiro atoms. The van der Waals surface area contributed by atoms with Crippen molar-refractivity contribution in [3.05, 3.63) is 0 Å². The summed E-state index contributed by atoms with van der Waals surface area (Å²) in [4.78, 5) is 0. The third-order valence-electron chi connectivity index (χ3n) is 2.83. The Kier molecular flexibility index (Phi) is 4.03. The zero-order chi connectivity index (χ0) is 12.6. The number of aliphatic hydroxyl groups excluding tert-OH is 1. The van der Waals surface area contributed by atoms with Crippen molar-refractivity contribution in [1.82, 2.24) is 4.31 Å². The summed E-state index contributed by atoms with van der Waals surface area (Å²) in [7, 11) is -3.18. The van der Waals surface area contributed by atoms with E-state index in [0.717, 1.165) is 0 Å². The van der Waals surface area contributed by atoms with Crippen LogP contribution < -0.4 is 0 Å². The normalized spacial score (nSPS) is 29.3. The first-order valence-electron chi connectivity index (χ1n) is 5.78. The van der Waals surface area contributed by atoms with Crippen molar-refractivity contribution < 1.29 is 13.5 Å². The standard InChI is InChI=1S/C11H23NO3S/c1-9-7-12(6-5-10(9)13)16(14,15)8-11(2,3)4/h9-10,13H,5-8H2,1-4H3. The van der Waals surface area contributed by atoms with Gasteiger partial charge >= 0.3 is 0 Å². The highest BCUT2D eigenvalue weighted by molar-refractivity contribution is 7.89. The molecule has 0 amide bonds. The molecule has 0 aromatic rings. The monoisotopic (exact) mass is 249 g/mol. The quantitative estimate of drug-likeness (QED) is 0.796. The molecule has 1 aliphatic rings. The van der Waals surface area contributed by atoms with Crippen molar-refractivity contribution in [2.75, 3.05) is 18.8 Å². The molecular weight excluding hydrogens is 226 g/mol. The third-order valence-corrected chi connectivity index (χ3v) is 5.18. The summed E-state index contributed by atoms with van der Waals surface area (Å²) in [5, 5.41) is 9.57. The van der Waals surface area contributed by atoms with Gasteiger partial charge in [-0.05, 0) is 17.8 Å². The maximum absolute atomic E-state index is 12.1. The smallest absolute Gasteiger partial charge is 0.214 e.